The molecule has 2 rings (SSSR count). The summed E-state index contributed by atoms with van der Waals surface area (Å²) in [6, 6.07) is 3.83. The van der Waals surface area contributed by atoms with Crippen molar-refractivity contribution < 1.29 is 13.9 Å². The van der Waals surface area contributed by atoms with Crippen LogP contribution in [0.5, 0.6) is 0 Å². The van der Waals surface area contributed by atoms with Gasteiger partial charge in [-0.05, 0) is 61.7 Å². The molecule has 0 atom stereocenters. The number of nitrogens with one attached hydrogen (secondary N) is 2. The van der Waals surface area contributed by atoms with Crippen molar-refractivity contribution >= 4 is 22.0 Å². The number of halogens is 1. The predicted octanol–water partition coefficient (Wildman–Crippen LogP) is 3.97. The highest BCUT2D eigenvalue weighted by Gasteiger charge is 2.34. The van der Waals surface area contributed by atoms with Crippen molar-refractivity contribution in [2.24, 2.45) is 0 Å². The van der Waals surface area contributed by atoms with E-state index in [-0.39, 0.29) is 11.6 Å². The van der Waals surface area contributed by atoms with E-state index in [0.717, 1.165) is 23.3 Å². The van der Waals surface area contributed by atoms with E-state index in [1.54, 1.807) is 0 Å². The fourth-order valence-electron chi connectivity index (χ4n) is 2.74. The number of ether oxygens (including phenoxy) is 1. The molecular formula is C16H25BrN2O3. The van der Waals surface area contributed by atoms with Crippen LogP contribution in [0.1, 0.15) is 52.2 Å². The topological polar surface area (TPSA) is 63.5 Å². The van der Waals surface area contributed by atoms with Crippen LogP contribution in [0.4, 0.5) is 4.79 Å². The molecule has 1 aromatic rings. The number of alkyl carbamates (subject to hydrolysis) is 1. The molecule has 124 valence electrons. The summed E-state index contributed by atoms with van der Waals surface area (Å²) in [6.45, 7) is 6.83. The van der Waals surface area contributed by atoms with E-state index in [9.17, 15) is 4.79 Å². The van der Waals surface area contributed by atoms with Crippen molar-refractivity contribution in [3.05, 3.63) is 22.6 Å². The number of carbonyl (C=O) groups excluding carboxylic acids is 1. The monoisotopic (exact) mass is 372 g/mol. The smallest absolute Gasteiger partial charge is 0.407 e. The van der Waals surface area contributed by atoms with Gasteiger partial charge in [-0.2, -0.15) is 0 Å². The zero-order chi connectivity index (χ0) is 16.2. The van der Waals surface area contributed by atoms with Crippen molar-refractivity contribution in [2.45, 2.75) is 64.1 Å². The van der Waals surface area contributed by atoms with Crippen LogP contribution < -0.4 is 10.6 Å². The Morgan fingerprint density at radius 1 is 1.36 bits per heavy atom. The zero-order valence-electron chi connectivity index (χ0n) is 13.5. The predicted molar refractivity (Wildman–Crippen MR) is 88.7 cm³/mol. The molecule has 22 heavy (non-hydrogen) atoms. The van der Waals surface area contributed by atoms with Gasteiger partial charge in [0.1, 0.15) is 11.4 Å². The fourth-order valence-corrected chi connectivity index (χ4v) is 3.08. The Bertz CT molecular complexity index is 502. The molecule has 0 aliphatic heterocycles. The standard InChI is InChI=1S/C16H25BrN2O3/c1-15(2,3)22-14(20)18-11-16(8-4-5-9-16)19-10-12-6-7-13(17)21-12/h6-7,19H,4-5,8-11H2,1-3H3,(H,18,20). The third-order valence-corrected chi connectivity index (χ3v) is 4.22. The minimum Gasteiger partial charge on any atom is -0.453 e. The number of rotatable bonds is 5. The Hall–Kier alpha value is -1.01. The number of carbonyl (C=O) groups is 1. The van der Waals surface area contributed by atoms with Gasteiger partial charge >= 0.3 is 6.09 Å². The summed E-state index contributed by atoms with van der Waals surface area (Å²) in [6.07, 6.45) is 4.08. The van der Waals surface area contributed by atoms with E-state index in [4.69, 9.17) is 9.15 Å². The molecule has 0 bridgehead atoms. The van der Waals surface area contributed by atoms with Crippen LogP contribution >= 0.6 is 15.9 Å². The van der Waals surface area contributed by atoms with Crippen LogP contribution in [0, 0.1) is 0 Å². The fraction of sp³-hybridized carbons (Fsp3) is 0.688. The highest BCUT2D eigenvalue weighted by Crippen LogP contribution is 2.30. The SMILES string of the molecule is CC(C)(C)OC(=O)NCC1(NCc2ccc(Br)o2)CCCC1. The maximum Gasteiger partial charge on any atom is 0.407 e. The number of furan rings is 1. The van der Waals surface area contributed by atoms with Gasteiger partial charge in [0.05, 0.1) is 6.54 Å². The molecule has 1 aromatic heterocycles. The quantitative estimate of drug-likeness (QED) is 0.820. The molecule has 1 aliphatic rings. The van der Waals surface area contributed by atoms with Gasteiger partial charge in [0, 0.05) is 12.1 Å². The van der Waals surface area contributed by atoms with Crippen LogP contribution in [0.25, 0.3) is 0 Å². The molecule has 1 saturated carbocycles. The Balaban J connectivity index is 1.87. The van der Waals surface area contributed by atoms with Gasteiger partial charge in [-0.25, -0.2) is 4.79 Å². The molecule has 0 unspecified atom stereocenters. The average molecular weight is 373 g/mol. The van der Waals surface area contributed by atoms with Gasteiger partial charge in [0.2, 0.25) is 0 Å². The van der Waals surface area contributed by atoms with Crippen LogP contribution in [0.3, 0.4) is 0 Å². The van der Waals surface area contributed by atoms with Gasteiger partial charge < -0.3 is 19.8 Å². The van der Waals surface area contributed by atoms with Crippen molar-refractivity contribution in [3.8, 4) is 0 Å². The number of hydrogen-bond acceptors (Lipinski definition) is 4. The highest BCUT2D eigenvalue weighted by atomic mass is 79.9. The summed E-state index contributed by atoms with van der Waals surface area (Å²) in [5.41, 5.74) is -0.545. The molecule has 0 aromatic carbocycles. The second-order valence-electron chi connectivity index (χ2n) is 6.90. The van der Waals surface area contributed by atoms with Crippen molar-refractivity contribution in [3.63, 3.8) is 0 Å². The molecular weight excluding hydrogens is 348 g/mol. The van der Waals surface area contributed by atoms with E-state index >= 15 is 0 Å². The summed E-state index contributed by atoms with van der Waals surface area (Å²) in [7, 11) is 0. The van der Waals surface area contributed by atoms with E-state index in [1.165, 1.54) is 12.8 Å². The van der Waals surface area contributed by atoms with Crippen molar-refractivity contribution in [1.82, 2.24) is 10.6 Å². The molecule has 5 nitrogen and oxygen atoms in total. The van der Waals surface area contributed by atoms with Gasteiger partial charge in [0.15, 0.2) is 4.67 Å². The second kappa shape index (κ2) is 7.04. The molecule has 0 spiro atoms. The molecule has 1 aliphatic carbocycles. The molecule has 2 N–H and O–H groups in total. The largest absolute Gasteiger partial charge is 0.453 e. The molecule has 6 heteroatoms. The van der Waals surface area contributed by atoms with E-state index < -0.39 is 5.60 Å². The number of amides is 1. The van der Waals surface area contributed by atoms with Gasteiger partial charge in [-0.1, -0.05) is 12.8 Å². The lowest BCUT2D eigenvalue weighted by Crippen LogP contribution is -2.51. The van der Waals surface area contributed by atoms with Gasteiger partial charge in [-0.3, -0.25) is 0 Å². The summed E-state index contributed by atoms with van der Waals surface area (Å²) in [5.74, 6) is 0.885. The first kappa shape index (κ1) is 17.3. The third kappa shape index (κ3) is 5.32. The van der Waals surface area contributed by atoms with Crippen LogP contribution in [-0.4, -0.2) is 23.8 Å². The first-order chi connectivity index (χ1) is 10.3. The summed E-state index contributed by atoms with van der Waals surface area (Å²) < 4.78 is 11.6. The zero-order valence-corrected chi connectivity index (χ0v) is 15.1. The third-order valence-electron chi connectivity index (χ3n) is 3.80. The molecule has 1 amide bonds. The lowest BCUT2D eigenvalue weighted by atomic mass is 9.97. The lowest BCUT2D eigenvalue weighted by molar-refractivity contribution is 0.0509. The summed E-state index contributed by atoms with van der Waals surface area (Å²) >= 11 is 3.31. The Labute approximate surface area is 140 Å². The Morgan fingerprint density at radius 2 is 2.05 bits per heavy atom. The van der Waals surface area contributed by atoms with E-state index in [2.05, 4.69) is 26.6 Å². The van der Waals surface area contributed by atoms with Crippen LogP contribution in [0.15, 0.2) is 21.2 Å². The molecule has 0 saturated heterocycles. The maximum atomic E-state index is 11.8. The van der Waals surface area contributed by atoms with Crippen molar-refractivity contribution in [2.75, 3.05) is 6.54 Å². The van der Waals surface area contributed by atoms with E-state index in [1.807, 2.05) is 32.9 Å². The first-order valence-corrected chi connectivity index (χ1v) is 8.53. The maximum absolute atomic E-state index is 11.8. The van der Waals surface area contributed by atoms with Crippen molar-refractivity contribution in [1.29, 1.82) is 0 Å². The minimum absolute atomic E-state index is 0.0732. The molecule has 1 fully saturated rings. The van der Waals surface area contributed by atoms with Gasteiger partial charge in [0.25, 0.3) is 0 Å². The van der Waals surface area contributed by atoms with Crippen LogP contribution in [-0.2, 0) is 11.3 Å². The summed E-state index contributed by atoms with van der Waals surface area (Å²) in [5, 5.41) is 6.46. The highest BCUT2D eigenvalue weighted by molar-refractivity contribution is 9.10. The first-order valence-electron chi connectivity index (χ1n) is 7.74. The lowest BCUT2D eigenvalue weighted by Gasteiger charge is -2.31. The van der Waals surface area contributed by atoms with Crippen LogP contribution in [0.2, 0.25) is 0 Å². The second-order valence-corrected chi connectivity index (χ2v) is 7.68. The average Bonchev–Trinajstić information content (AvgIpc) is 3.02. The molecule has 0 radical (unpaired) electrons. The number of hydrogen-bond donors (Lipinski definition) is 2. The van der Waals surface area contributed by atoms with Gasteiger partial charge in [-0.15, -0.1) is 0 Å². The minimum atomic E-state index is -0.471. The Kier molecular flexibility index (Phi) is 5.55. The normalized spacial score (nSPS) is 17.5. The van der Waals surface area contributed by atoms with E-state index in [0.29, 0.717) is 13.1 Å². The summed E-state index contributed by atoms with van der Waals surface area (Å²) in [4.78, 5) is 11.8. The Morgan fingerprint density at radius 3 is 2.59 bits per heavy atom. The molecule has 1 heterocycles.